The molecule has 24 heavy (non-hydrogen) atoms. The average molecular weight is 370 g/mol. The van der Waals surface area contributed by atoms with Gasteiger partial charge in [-0.3, -0.25) is 9.59 Å². The summed E-state index contributed by atoms with van der Waals surface area (Å²) in [6.07, 6.45) is 0. The van der Waals surface area contributed by atoms with E-state index in [0.29, 0.717) is 27.3 Å². The maximum Gasteiger partial charge on any atom is 0.251 e. The van der Waals surface area contributed by atoms with Crippen LogP contribution in [0.4, 0.5) is 5.69 Å². The van der Waals surface area contributed by atoms with Crippen LogP contribution >= 0.6 is 23.4 Å². The minimum atomic E-state index is -0.295. The highest BCUT2D eigenvalue weighted by atomic mass is 35.5. The minimum Gasteiger partial charge on any atom is -0.495 e. The van der Waals surface area contributed by atoms with Crippen LogP contribution in [0.1, 0.15) is 5.69 Å². The summed E-state index contributed by atoms with van der Waals surface area (Å²) in [5.74, 6) is 0.293. The Morgan fingerprint density at radius 3 is 2.88 bits per heavy atom. The molecule has 0 bridgehead atoms. The van der Waals surface area contributed by atoms with Gasteiger partial charge in [0, 0.05) is 18.2 Å². The van der Waals surface area contributed by atoms with Gasteiger partial charge < -0.3 is 19.8 Å². The van der Waals surface area contributed by atoms with Crippen molar-refractivity contribution in [3.63, 3.8) is 0 Å². The van der Waals surface area contributed by atoms with Gasteiger partial charge in [-0.05, 0) is 18.2 Å². The van der Waals surface area contributed by atoms with Crippen LogP contribution in [0.2, 0.25) is 5.02 Å². The standard InChI is InChI=1S/C15H16ClN3O4S/c1-22-7-10-6-13(20)19-15(17-10)24-8-14(21)18-11-5-9(16)3-4-12(11)23-2/h3-6H,7-8H2,1-2H3,(H,18,21)(H,17,19,20). The second-order valence-electron chi connectivity index (χ2n) is 4.66. The molecule has 1 aromatic heterocycles. The number of nitrogens with one attached hydrogen (secondary N) is 2. The summed E-state index contributed by atoms with van der Waals surface area (Å²) in [7, 11) is 3.02. The van der Waals surface area contributed by atoms with E-state index < -0.39 is 0 Å². The van der Waals surface area contributed by atoms with Gasteiger partial charge in [0.05, 0.1) is 30.9 Å². The fourth-order valence-electron chi connectivity index (χ4n) is 1.87. The molecule has 0 unspecified atom stereocenters. The third kappa shape index (κ3) is 5.26. The Hall–Kier alpha value is -2.03. The molecule has 0 aliphatic carbocycles. The van der Waals surface area contributed by atoms with E-state index in [0.717, 1.165) is 11.8 Å². The van der Waals surface area contributed by atoms with Crippen LogP contribution < -0.4 is 15.6 Å². The van der Waals surface area contributed by atoms with E-state index in [2.05, 4.69) is 15.3 Å². The van der Waals surface area contributed by atoms with E-state index in [4.69, 9.17) is 21.1 Å². The van der Waals surface area contributed by atoms with Gasteiger partial charge in [0.2, 0.25) is 5.91 Å². The summed E-state index contributed by atoms with van der Waals surface area (Å²) in [6.45, 7) is 0.226. The Bertz CT molecular complexity index is 782. The second-order valence-corrected chi connectivity index (χ2v) is 6.06. The normalized spacial score (nSPS) is 10.5. The monoisotopic (exact) mass is 369 g/mol. The van der Waals surface area contributed by atoms with E-state index in [1.54, 1.807) is 18.2 Å². The number of halogens is 1. The number of nitrogens with zero attached hydrogens (tertiary/aromatic N) is 1. The van der Waals surface area contributed by atoms with Crippen LogP contribution in [0.25, 0.3) is 0 Å². The molecule has 128 valence electrons. The van der Waals surface area contributed by atoms with E-state index in [9.17, 15) is 9.59 Å². The highest BCUT2D eigenvalue weighted by Gasteiger charge is 2.10. The van der Waals surface area contributed by atoms with Crippen molar-refractivity contribution in [2.75, 3.05) is 25.3 Å². The highest BCUT2D eigenvalue weighted by Crippen LogP contribution is 2.27. The summed E-state index contributed by atoms with van der Waals surface area (Å²) in [6, 6.07) is 6.28. The number of aromatic amines is 1. The number of hydrogen-bond donors (Lipinski definition) is 2. The Morgan fingerprint density at radius 1 is 1.38 bits per heavy atom. The molecule has 1 amide bonds. The molecule has 0 spiro atoms. The van der Waals surface area contributed by atoms with Crippen molar-refractivity contribution in [3.8, 4) is 5.75 Å². The van der Waals surface area contributed by atoms with Crippen molar-refractivity contribution in [1.82, 2.24) is 9.97 Å². The van der Waals surface area contributed by atoms with Crippen LogP contribution in [0.3, 0.4) is 0 Å². The highest BCUT2D eigenvalue weighted by molar-refractivity contribution is 7.99. The molecule has 0 radical (unpaired) electrons. The lowest BCUT2D eigenvalue weighted by Crippen LogP contribution is -2.16. The zero-order chi connectivity index (χ0) is 17.5. The van der Waals surface area contributed by atoms with Crippen LogP contribution in [0.15, 0.2) is 34.2 Å². The number of hydrogen-bond acceptors (Lipinski definition) is 6. The van der Waals surface area contributed by atoms with Crippen molar-refractivity contribution in [1.29, 1.82) is 0 Å². The summed E-state index contributed by atoms with van der Waals surface area (Å²) in [4.78, 5) is 30.4. The number of aromatic nitrogens is 2. The van der Waals surface area contributed by atoms with Gasteiger partial charge in [0.25, 0.3) is 5.56 Å². The third-order valence-electron chi connectivity index (χ3n) is 2.84. The van der Waals surface area contributed by atoms with Crippen molar-refractivity contribution >= 4 is 35.0 Å². The summed E-state index contributed by atoms with van der Waals surface area (Å²) >= 11 is 7.03. The predicted molar refractivity (Wildman–Crippen MR) is 92.9 cm³/mol. The smallest absolute Gasteiger partial charge is 0.251 e. The van der Waals surface area contributed by atoms with Gasteiger partial charge in [-0.15, -0.1) is 0 Å². The lowest BCUT2D eigenvalue weighted by Gasteiger charge is -2.10. The van der Waals surface area contributed by atoms with Gasteiger partial charge >= 0.3 is 0 Å². The number of carbonyl (C=O) groups is 1. The summed E-state index contributed by atoms with van der Waals surface area (Å²) in [5.41, 5.74) is 0.683. The van der Waals surface area contributed by atoms with Crippen LogP contribution in [0.5, 0.6) is 5.75 Å². The van der Waals surface area contributed by atoms with Crippen molar-refractivity contribution in [2.24, 2.45) is 0 Å². The number of ether oxygens (including phenoxy) is 2. The molecule has 0 aliphatic heterocycles. The molecule has 0 saturated heterocycles. The maximum absolute atomic E-state index is 12.1. The van der Waals surface area contributed by atoms with Crippen LogP contribution in [-0.2, 0) is 16.1 Å². The quantitative estimate of drug-likeness (QED) is 0.574. The number of thioether (sulfide) groups is 1. The lowest BCUT2D eigenvalue weighted by molar-refractivity contribution is -0.113. The molecule has 1 aromatic carbocycles. The molecule has 2 aromatic rings. The van der Waals surface area contributed by atoms with Gasteiger partial charge in [0.1, 0.15) is 5.75 Å². The Labute approximate surface area is 147 Å². The first-order valence-corrected chi connectivity index (χ1v) is 8.23. The van der Waals surface area contributed by atoms with Gasteiger partial charge in [-0.1, -0.05) is 23.4 Å². The van der Waals surface area contributed by atoms with E-state index in [1.165, 1.54) is 20.3 Å². The SMILES string of the molecule is COCc1cc(=O)[nH]c(SCC(=O)Nc2cc(Cl)ccc2OC)n1. The van der Waals surface area contributed by atoms with Crippen molar-refractivity contribution < 1.29 is 14.3 Å². The average Bonchev–Trinajstić information content (AvgIpc) is 2.53. The second kappa shape index (κ2) is 8.72. The Balaban J connectivity index is 2.01. The Morgan fingerprint density at radius 2 is 2.17 bits per heavy atom. The molecule has 1 heterocycles. The topological polar surface area (TPSA) is 93.3 Å². The molecular formula is C15H16ClN3O4S. The zero-order valence-corrected chi connectivity index (χ0v) is 14.7. The maximum atomic E-state index is 12.1. The van der Waals surface area contributed by atoms with Gasteiger partial charge in [0.15, 0.2) is 5.16 Å². The van der Waals surface area contributed by atoms with E-state index in [1.807, 2.05) is 0 Å². The molecular weight excluding hydrogens is 354 g/mol. The molecule has 0 fully saturated rings. The number of rotatable bonds is 7. The molecule has 0 saturated carbocycles. The number of carbonyl (C=O) groups excluding carboxylic acids is 1. The van der Waals surface area contributed by atoms with E-state index in [-0.39, 0.29) is 23.8 Å². The minimum absolute atomic E-state index is 0.0645. The van der Waals surface area contributed by atoms with Crippen LogP contribution in [0, 0.1) is 0 Å². The third-order valence-corrected chi connectivity index (χ3v) is 3.95. The molecule has 2 N–H and O–H groups in total. The number of amides is 1. The first-order valence-electron chi connectivity index (χ1n) is 6.87. The van der Waals surface area contributed by atoms with Gasteiger partial charge in [-0.25, -0.2) is 4.98 Å². The molecule has 7 nitrogen and oxygen atoms in total. The largest absolute Gasteiger partial charge is 0.495 e. The molecule has 2 rings (SSSR count). The number of benzene rings is 1. The number of H-pyrrole nitrogens is 1. The van der Waals surface area contributed by atoms with Crippen molar-refractivity contribution in [2.45, 2.75) is 11.8 Å². The summed E-state index contributed by atoms with van der Waals surface area (Å²) in [5, 5.41) is 3.55. The molecule has 0 atom stereocenters. The first-order chi connectivity index (χ1) is 11.5. The van der Waals surface area contributed by atoms with E-state index >= 15 is 0 Å². The zero-order valence-electron chi connectivity index (χ0n) is 13.1. The lowest BCUT2D eigenvalue weighted by atomic mass is 10.3. The van der Waals surface area contributed by atoms with Crippen LogP contribution in [-0.4, -0.2) is 35.8 Å². The molecule has 9 heteroatoms. The molecule has 0 aliphatic rings. The summed E-state index contributed by atoms with van der Waals surface area (Å²) < 4.78 is 10.1. The predicted octanol–water partition coefficient (Wildman–Crippen LogP) is 2.31. The fraction of sp³-hybridized carbons (Fsp3) is 0.267. The number of anilines is 1. The first kappa shape index (κ1) is 18.3. The van der Waals surface area contributed by atoms with Crippen molar-refractivity contribution in [3.05, 3.63) is 45.3 Å². The van der Waals surface area contributed by atoms with Gasteiger partial charge in [-0.2, -0.15) is 0 Å². The fourth-order valence-corrected chi connectivity index (χ4v) is 2.74. The number of methoxy groups -OCH3 is 2. The Kier molecular flexibility index (Phi) is 6.65.